The standard InChI is InChI=1S/2C9H8BrFO2/c1-5-3-6(9(12)13-2)4-7(10)8(5)11;1-5-6(9(12)13-2)3-4-7(11)8(5)10/h2*3-4H,1-2H3. The van der Waals surface area contributed by atoms with Crippen LogP contribution < -0.4 is 0 Å². The van der Waals surface area contributed by atoms with Crippen LogP contribution in [0, 0.1) is 25.5 Å². The second kappa shape index (κ2) is 9.78. The van der Waals surface area contributed by atoms with Crippen LogP contribution in [-0.4, -0.2) is 26.2 Å². The summed E-state index contributed by atoms with van der Waals surface area (Å²) in [7, 11) is 2.58. The Morgan fingerprint density at radius 3 is 2.04 bits per heavy atom. The number of hydrogen-bond donors (Lipinski definition) is 0. The van der Waals surface area contributed by atoms with E-state index in [1.807, 2.05) is 0 Å². The Hall–Kier alpha value is -1.80. The lowest BCUT2D eigenvalue weighted by Gasteiger charge is -2.05. The molecule has 140 valence electrons. The van der Waals surface area contributed by atoms with Crippen LogP contribution in [0.4, 0.5) is 8.78 Å². The summed E-state index contributed by atoms with van der Waals surface area (Å²) >= 11 is 6.06. The van der Waals surface area contributed by atoms with Gasteiger partial charge >= 0.3 is 11.9 Å². The fraction of sp³-hybridized carbons (Fsp3) is 0.222. The largest absolute Gasteiger partial charge is 0.465 e. The molecule has 8 heteroatoms. The van der Waals surface area contributed by atoms with E-state index in [0.29, 0.717) is 26.7 Å². The van der Waals surface area contributed by atoms with Crippen molar-refractivity contribution in [1.82, 2.24) is 0 Å². The summed E-state index contributed by atoms with van der Waals surface area (Å²) in [6.45, 7) is 3.24. The molecule has 0 bridgehead atoms. The topological polar surface area (TPSA) is 52.6 Å². The van der Waals surface area contributed by atoms with Gasteiger partial charge in [-0.15, -0.1) is 0 Å². The Kier molecular flexibility index (Phi) is 8.36. The first-order valence-corrected chi connectivity index (χ1v) is 8.79. The molecule has 0 aliphatic carbocycles. The molecule has 0 aliphatic rings. The molecule has 0 aromatic heterocycles. The second-order valence-corrected chi connectivity index (χ2v) is 6.75. The van der Waals surface area contributed by atoms with Gasteiger partial charge in [0.05, 0.1) is 34.3 Å². The minimum Gasteiger partial charge on any atom is -0.465 e. The fourth-order valence-electron chi connectivity index (χ4n) is 1.95. The number of carbonyl (C=O) groups excluding carboxylic acids is 2. The van der Waals surface area contributed by atoms with Gasteiger partial charge in [-0.3, -0.25) is 0 Å². The van der Waals surface area contributed by atoms with Gasteiger partial charge in [-0.2, -0.15) is 0 Å². The van der Waals surface area contributed by atoms with Gasteiger partial charge in [0.15, 0.2) is 0 Å². The van der Waals surface area contributed by atoms with Crippen molar-refractivity contribution >= 4 is 43.8 Å². The van der Waals surface area contributed by atoms with Gasteiger partial charge in [0.25, 0.3) is 0 Å². The molecule has 4 nitrogen and oxygen atoms in total. The summed E-state index contributed by atoms with van der Waals surface area (Å²) in [6, 6.07) is 5.48. The summed E-state index contributed by atoms with van der Waals surface area (Å²) in [5.41, 5.74) is 1.67. The molecule has 26 heavy (non-hydrogen) atoms. The number of halogens is 4. The molecule has 2 aromatic carbocycles. The van der Waals surface area contributed by atoms with E-state index < -0.39 is 11.9 Å². The quantitative estimate of drug-likeness (QED) is 0.528. The molecular weight excluding hydrogens is 478 g/mol. The molecule has 0 heterocycles. The number of carbonyl (C=O) groups is 2. The monoisotopic (exact) mass is 492 g/mol. The van der Waals surface area contributed by atoms with Crippen LogP contribution in [0.2, 0.25) is 0 Å². The van der Waals surface area contributed by atoms with E-state index in [0.717, 1.165) is 0 Å². The van der Waals surface area contributed by atoms with Crippen LogP contribution in [0.3, 0.4) is 0 Å². The molecule has 0 aliphatic heterocycles. The van der Waals surface area contributed by atoms with E-state index in [9.17, 15) is 18.4 Å². The third kappa shape index (κ3) is 5.35. The first-order valence-electron chi connectivity index (χ1n) is 7.20. The van der Waals surface area contributed by atoms with Crippen LogP contribution >= 0.6 is 31.9 Å². The number of benzene rings is 2. The van der Waals surface area contributed by atoms with Crippen molar-refractivity contribution in [1.29, 1.82) is 0 Å². The van der Waals surface area contributed by atoms with Crippen molar-refractivity contribution in [3.8, 4) is 0 Å². The number of aryl methyl sites for hydroxylation is 1. The second-order valence-electron chi connectivity index (χ2n) is 5.11. The predicted octanol–water partition coefficient (Wildman–Crippen LogP) is 5.37. The highest BCUT2D eigenvalue weighted by molar-refractivity contribution is 9.10. The molecule has 2 rings (SSSR count). The molecule has 2 aromatic rings. The fourth-order valence-corrected chi connectivity index (χ4v) is 2.85. The summed E-state index contributed by atoms with van der Waals surface area (Å²) in [5.74, 6) is -1.67. The smallest absolute Gasteiger partial charge is 0.338 e. The highest BCUT2D eigenvalue weighted by Crippen LogP contribution is 2.23. The van der Waals surface area contributed by atoms with Gasteiger partial charge in [-0.05, 0) is 81.1 Å². The first kappa shape index (κ1) is 22.2. The molecule has 0 amide bonds. The summed E-state index contributed by atoms with van der Waals surface area (Å²) < 4.78 is 35.6. The lowest BCUT2D eigenvalue weighted by atomic mass is 10.1. The molecular formula is C18H16Br2F2O4. The SMILES string of the molecule is COC(=O)c1cc(C)c(F)c(Br)c1.COC(=O)c1ccc(F)c(Br)c1C. The third-order valence-corrected chi connectivity index (χ3v) is 4.93. The summed E-state index contributed by atoms with van der Waals surface area (Å²) in [6.07, 6.45) is 0. The Labute approximate surface area is 166 Å². The van der Waals surface area contributed by atoms with E-state index in [1.54, 1.807) is 13.8 Å². The van der Waals surface area contributed by atoms with Gasteiger partial charge < -0.3 is 9.47 Å². The van der Waals surface area contributed by atoms with E-state index in [2.05, 4.69) is 41.3 Å². The number of ether oxygens (including phenoxy) is 2. The average molecular weight is 494 g/mol. The number of esters is 2. The Morgan fingerprint density at radius 1 is 0.962 bits per heavy atom. The first-order chi connectivity index (χ1) is 12.1. The third-order valence-electron chi connectivity index (χ3n) is 3.38. The van der Waals surface area contributed by atoms with Crippen molar-refractivity contribution in [3.63, 3.8) is 0 Å². The highest BCUT2D eigenvalue weighted by atomic mass is 79.9. The Morgan fingerprint density at radius 2 is 1.54 bits per heavy atom. The van der Waals surface area contributed by atoms with Gasteiger partial charge in [0.2, 0.25) is 0 Å². The minimum atomic E-state index is -0.469. The van der Waals surface area contributed by atoms with Crippen LogP contribution in [0.1, 0.15) is 31.8 Å². The average Bonchev–Trinajstić information content (AvgIpc) is 2.63. The number of rotatable bonds is 2. The Bertz CT molecular complexity index is 815. The summed E-state index contributed by atoms with van der Waals surface area (Å²) in [5, 5.41) is 0. The molecule has 0 atom stereocenters. The molecule has 0 radical (unpaired) electrons. The minimum absolute atomic E-state index is 0.271. The van der Waals surface area contributed by atoms with Gasteiger partial charge in [0.1, 0.15) is 11.6 Å². The highest BCUT2D eigenvalue weighted by Gasteiger charge is 2.13. The molecule has 0 fully saturated rings. The van der Waals surface area contributed by atoms with E-state index in [-0.39, 0.29) is 16.1 Å². The molecule has 0 saturated carbocycles. The van der Waals surface area contributed by atoms with Crippen molar-refractivity contribution < 1.29 is 27.8 Å². The lowest BCUT2D eigenvalue weighted by Crippen LogP contribution is -2.04. The van der Waals surface area contributed by atoms with E-state index in [4.69, 9.17) is 0 Å². The van der Waals surface area contributed by atoms with Gasteiger partial charge in [0, 0.05) is 0 Å². The molecule has 0 N–H and O–H groups in total. The zero-order valence-corrected chi connectivity index (χ0v) is 17.6. The van der Waals surface area contributed by atoms with Crippen molar-refractivity contribution in [2.24, 2.45) is 0 Å². The van der Waals surface area contributed by atoms with Crippen LogP contribution in [0.25, 0.3) is 0 Å². The maximum Gasteiger partial charge on any atom is 0.338 e. The van der Waals surface area contributed by atoms with Crippen LogP contribution in [-0.2, 0) is 9.47 Å². The maximum absolute atomic E-state index is 13.1. The zero-order chi connectivity index (χ0) is 20.0. The van der Waals surface area contributed by atoms with Crippen LogP contribution in [0.15, 0.2) is 33.2 Å². The van der Waals surface area contributed by atoms with E-state index >= 15 is 0 Å². The zero-order valence-electron chi connectivity index (χ0n) is 14.5. The van der Waals surface area contributed by atoms with Crippen LogP contribution in [0.5, 0.6) is 0 Å². The van der Waals surface area contributed by atoms with E-state index in [1.165, 1.54) is 38.5 Å². The number of hydrogen-bond acceptors (Lipinski definition) is 4. The lowest BCUT2D eigenvalue weighted by molar-refractivity contribution is 0.0591. The molecule has 0 saturated heterocycles. The number of methoxy groups -OCH3 is 2. The van der Waals surface area contributed by atoms with Crippen molar-refractivity contribution in [2.75, 3.05) is 14.2 Å². The van der Waals surface area contributed by atoms with Gasteiger partial charge in [-0.1, -0.05) is 0 Å². The van der Waals surface area contributed by atoms with Crippen molar-refractivity contribution in [2.45, 2.75) is 13.8 Å². The molecule has 0 unspecified atom stereocenters. The van der Waals surface area contributed by atoms with Crippen molar-refractivity contribution in [3.05, 3.63) is 67.1 Å². The Balaban J connectivity index is 0.000000260. The van der Waals surface area contributed by atoms with Gasteiger partial charge in [-0.25, -0.2) is 18.4 Å². The normalized spacial score (nSPS) is 9.85. The summed E-state index contributed by atoms with van der Waals surface area (Å²) in [4.78, 5) is 22.2. The predicted molar refractivity (Wildman–Crippen MR) is 100 cm³/mol. The maximum atomic E-state index is 13.1. The molecule has 0 spiro atoms.